The lowest BCUT2D eigenvalue weighted by molar-refractivity contribution is -0.136. The first-order valence-electron chi connectivity index (χ1n) is 5.71. The molecule has 0 atom stereocenters. The molecule has 0 amide bonds. The Morgan fingerprint density at radius 3 is 2.72 bits per heavy atom. The molecule has 0 aromatic heterocycles. The van der Waals surface area contributed by atoms with E-state index < -0.39 is 0 Å². The third-order valence-corrected chi connectivity index (χ3v) is 3.39. The number of ether oxygens (including phenoxy) is 1. The number of benzene rings is 1. The highest BCUT2D eigenvalue weighted by Crippen LogP contribution is 2.17. The summed E-state index contributed by atoms with van der Waals surface area (Å²) in [5.74, 6) is -0.274. The van der Waals surface area contributed by atoms with Crippen molar-refractivity contribution in [3.63, 3.8) is 0 Å². The first-order chi connectivity index (χ1) is 8.54. The van der Waals surface area contributed by atoms with Gasteiger partial charge >= 0.3 is 5.97 Å². The van der Waals surface area contributed by atoms with Gasteiger partial charge in [-0.25, -0.2) is 4.79 Å². The van der Waals surface area contributed by atoms with Gasteiger partial charge in [-0.05, 0) is 25.6 Å². The Labute approximate surface area is 117 Å². The topological polar surface area (TPSA) is 29.5 Å². The van der Waals surface area contributed by atoms with E-state index in [1.165, 1.54) is 12.7 Å². The molecule has 4 heteroatoms. The minimum atomic E-state index is -0.274. The first kappa shape index (κ1) is 14.9. The lowest BCUT2D eigenvalue weighted by Crippen LogP contribution is -2.19. The van der Waals surface area contributed by atoms with Crippen LogP contribution in [0.15, 0.2) is 40.4 Å². The standard InChI is InChI=1S/C14H18BrNO2/c1-11(14(17)18-3)8-9-16(2)10-12-6-4-5-7-13(12)15/h4-8H,9-10H2,1-3H3. The van der Waals surface area contributed by atoms with Crippen molar-refractivity contribution in [3.8, 4) is 0 Å². The van der Waals surface area contributed by atoms with E-state index >= 15 is 0 Å². The molecule has 0 saturated heterocycles. The van der Waals surface area contributed by atoms with Gasteiger partial charge in [0, 0.05) is 23.1 Å². The Kier molecular flexibility index (Phi) is 6.09. The van der Waals surface area contributed by atoms with Crippen molar-refractivity contribution in [1.82, 2.24) is 4.90 Å². The number of rotatable bonds is 5. The van der Waals surface area contributed by atoms with Crippen LogP contribution in [0.2, 0.25) is 0 Å². The Morgan fingerprint density at radius 2 is 2.11 bits per heavy atom. The van der Waals surface area contributed by atoms with E-state index in [4.69, 9.17) is 0 Å². The van der Waals surface area contributed by atoms with Gasteiger partial charge in [-0.15, -0.1) is 0 Å². The number of methoxy groups -OCH3 is 1. The van der Waals surface area contributed by atoms with Crippen molar-refractivity contribution < 1.29 is 9.53 Å². The summed E-state index contributed by atoms with van der Waals surface area (Å²) >= 11 is 3.52. The summed E-state index contributed by atoms with van der Waals surface area (Å²) in [5.41, 5.74) is 1.86. The molecule has 0 unspecified atom stereocenters. The zero-order valence-corrected chi connectivity index (χ0v) is 12.5. The number of halogens is 1. The van der Waals surface area contributed by atoms with Crippen molar-refractivity contribution in [3.05, 3.63) is 46.0 Å². The molecular formula is C14H18BrNO2. The smallest absolute Gasteiger partial charge is 0.333 e. The van der Waals surface area contributed by atoms with Gasteiger partial charge in [0.2, 0.25) is 0 Å². The van der Waals surface area contributed by atoms with Crippen molar-refractivity contribution in [2.75, 3.05) is 20.7 Å². The highest BCUT2D eigenvalue weighted by atomic mass is 79.9. The molecule has 0 bridgehead atoms. The normalized spacial score (nSPS) is 11.7. The molecule has 1 aromatic carbocycles. The number of carbonyl (C=O) groups excluding carboxylic acids is 1. The average Bonchev–Trinajstić information content (AvgIpc) is 2.37. The molecule has 0 radical (unpaired) electrons. The van der Waals surface area contributed by atoms with Crippen molar-refractivity contribution in [2.24, 2.45) is 0 Å². The molecule has 0 spiro atoms. The monoisotopic (exact) mass is 311 g/mol. The Hall–Kier alpha value is -1.13. The highest BCUT2D eigenvalue weighted by Gasteiger charge is 2.05. The number of esters is 1. The Morgan fingerprint density at radius 1 is 1.44 bits per heavy atom. The lowest BCUT2D eigenvalue weighted by Gasteiger charge is -2.15. The van der Waals surface area contributed by atoms with Gasteiger partial charge in [-0.1, -0.05) is 40.2 Å². The number of carbonyl (C=O) groups is 1. The summed E-state index contributed by atoms with van der Waals surface area (Å²) in [5, 5.41) is 0. The number of hydrogen-bond donors (Lipinski definition) is 0. The second-order valence-corrected chi connectivity index (χ2v) is 5.02. The maximum Gasteiger partial charge on any atom is 0.333 e. The molecule has 1 aromatic rings. The third-order valence-electron chi connectivity index (χ3n) is 2.61. The van der Waals surface area contributed by atoms with Crippen LogP contribution in [-0.4, -0.2) is 31.6 Å². The Balaban J connectivity index is 2.55. The van der Waals surface area contributed by atoms with Gasteiger partial charge in [-0.3, -0.25) is 4.90 Å². The minimum Gasteiger partial charge on any atom is -0.466 e. The fourth-order valence-electron chi connectivity index (χ4n) is 1.52. The zero-order chi connectivity index (χ0) is 13.5. The molecule has 0 aliphatic heterocycles. The van der Waals surface area contributed by atoms with Crippen molar-refractivity contribution in [1.29, 1.82) is 0 Å². The maximum atomic E-state index is 11.2. The van der Waals surface area contributed by atoms with Gasteiger partial charge in [0.1, 0.15) is 0 Å². The first-order valence-corrected chi connectivity index (χ1v) is 6.51. The van der Waals surface area contributed by atoms with Crippen LogP contribution in [0.1, 0.15) is 12.5 Å². The zero-order valence-electron chi connectivity index (χ0n) is 10.9. The van der Waals surface area contributed by atoms with E-state index in [2.05, 4.69) is 31.6 Å². The van der Waals surface area contributed by atoms with E-state index in [9.17, 15) is 4.79 Å². The number of hydrogen-bond acceptors (Lipinski definition) is 3. The van der Waals surface area contributed by atoms with E-state index in [1.54, 1.807) is 6.92 Å². The van der Waals surface area contributed by atoms with Crippen molar-refractivity contribution >= 4 is 21.9 Å². The predicted molar refractivity (Wildman–Crippen MR) is 76.2 cm³/mol. The van der Waals surface area contributed by atoms with Crippen LogP contribution in [0, 0.1) is 0 Å². The summed E-state index contributed by atoms with van der Waals surface area (Å²) in [4.78, 5) is 13.4. The fourth-order valence-corrected chi connectivity index (χ4v) is 1.93. The summed E-state index contributed by atoms with van der Waals surface area (Å²) in [6, 6.07) is 8.12. The molecule has 0 aliphatic rings. The summed E-state index contributed by atoms with van der Waals surface area (Å²) in [7, 11) is 3.41. The van der Waals surface area contributed by atoms with Crippen LogP contribution >= 0.6 is 15.9 Å². The van der Waals surface area contributed by atoms with Gasteiger partial charge in [0.05, 0.1) is 7.11 Å². The molecule has 0 heterocycles. The van der Waals surface area contributed by atoms with Crippen molar-refractivity contribution in [2.45, 2.75) is 13.5 Å². The largest absolute Gasteiger partial charge is 0.466 e. The van der Waals surface area contributed by atoms with E-state index in [1.807, 2.05) is 31.3 Å². The number of likely N-dealkylation sites (N-methyl/N-ethyl adjacent to an activating group) is 1. The van der Waals surface area contributed by atoms with Crippen LogP contribution in [-0.2, 0) is 16.1 Å². The molecule has 1 rings (SSSR count). The van der Waals surface area contributed by atoms with Gasteiger partial charge in [-0.2, -0.15) is 0 Å². The molecule has 0 fully saturated rings. The molecule has 18 heavy (non-hydrogen) atoms. The summed E-state index contributed by atoms with van der Waals surface area (Å²) < 4.78 is 5.75. The van der Waals surface area contributed by atoms with E-state index in [-0.39, 0.29) is 5.97 Å². The van der Waals surface area contributed by atoms with Gasteiger partial charge in [0.25, 0.3) is 0 Å². The summed E-state index contributed by atoms with van der Waals surface area (Å²) in [6.07, 6.45) is 1.88. The molecule has 0 N–H and O–H groups in total. The molecule has 3 nitrogen and oxygen atoms in total. The second kappa shape index (κ2) is 7.34. The van der Waals surface area contributed by atoms with Crippen LogP contribution < -0.4 is 0 Å². The minimum absolute atomic E-state index is 0.274. The fraction of sp³-hybridized carbons (Fsp3) is 0.357. The average molecular weight is 312 g/mol. The molecular weight excluding hydrogens is 294 g/mol. The van der Waals surface area contributed by atoms with E-state index in [0.717, 1.165) is 11.0 Å². The van der Waals surface area contributed by atoms with Gasteiger partial charge < -0.3 is 4.74 Å². The SMILES string of the molecule is COC(=O)C(C)=CCN(C)Cc1ccccc1Br. The molecule has 0 aliphatic carbocycles. The molecule has 98 valence electrons. The predicted octanol–water partition coefficient (Wildman–Crippen LogP) is 3.00. The second-order valence-electron chi connectivity index (χ2n) is 4.17. The lowest BCUT2D eigenvalue weighted by atomic mass is 10.2. The quantitative estimate of drug-likeness (QED) is 0.618. The number of nitrogens with zero attached hydrogens (tertiary/aromatic N) is 1. The highest BCUT2D eigenvalue weighted by molar-refractivity contribution is 9.10. The van der Waals surface area contributed by atoms with Crippen LogP contribution in [0.4, 0.5) is 0 Å². The van der Waals surface area contributed by atoms with Gasteiger partial charge in [0.15, 0.2) is 0 Å². The van der Waals surface area contributed by atoms with Crippen LogP contribution in [0.25, 0.3) is 0 Å². The molecule has 0 saturated carbocycles. The maximum absolute atomic E-state index is 11.2. The summed E-state index contributed by atoms with van der Waals surface area (Å²) in [6.45, 7) is 3.30. The third kappa shape index (κ3) is 4.63. The van der Waals surface area contributed by atoms with Crippen LogP contribution in [0.5, 0.6) is 0 Å². The van der Waals surface area contributed by atoms with E-state index in [0.29, 0.717) is 12.1 Å². The van der Waals surface area contributed by atoms with Crippen LogP contribution in [0.3, 0.4) is 0 Å². The Bertz CT molecular complexity index is 443.